The number of piperidine rings is 1. The van der Waals surface area contributed by atoms with Crippen LogP contribution < -0.4 is 4.90 Å². The summed E-state index contributed by atoms with van der Waals surface area (Å²) in [5.74, 6) is -1.95. The van der Waals surface area contributed by atoms with Gasteiger partial charge in [-0.2, -0.15) is 13.2 Å². The molecule has 0 unspecified atom stereocenters. The Hall–Kier alpha value is -3.45. The number of carbonyl (C=O) groups is 2. The van der Waals surface area contributed by atoms with E-state index in [0.717, 1.165) is 44.9 Å². The van der Waals surface area contributed by atoms with Gasteiger partial charge in [-0.05, 0) is 63.3 Å². The molecule has 0 bridgehead atoms. The second kappa shape index (κ2) is 12.7. The second-order valence-electron chi connectivity index (χ2n) is 11.1. The summed E-state index contributed by atoms with van der Waals surface area (Å²) in [7, 11) is 0. The second-order valence-corrected chi connectivity index (χ2v) is 12.3. The first-order chi connectivity index (χ1) is 20.4. The standard InChI is InChI=1S/C30H33F4N5O3S/c1-3-20-5-4-8-39(20)16-25-28(19-11-21(30(32,33)34)17(2)22(31)12-19)37-27(43-25)13-24(40)23-14-36-26(15-35-23)38-9-6-18(7-10-38)29(41)42/h11-12,14-15,18,20H,3-10,13,16H2,1-2H3,(H,41,42)/t20-/m1/s1. The highest BCUT2D eigenvalue weighted by Crippen LogP contribution is 2.39. The average molecular weight is 620 g/mol. The van der Waals surface area contributed by atoms with Crippen LogP contribution in [0.15, 0.2) is 24.5 Å². The van der Waals surface area contributed by atoms with Crippen molar-refractivity contribution in [3.05, 3.63) is 57.0 Å². The molecule has 2 aromatic heterocycles. The summed E-state index contributed by atoms with van der Waals surface area (Å²) >= 11 is 1.25. The summed E-state index contributed by atoms with van der Waals surface area (Å²) in [5, 5.41) is 9.61. The van der Waals surface area contributed by atoms with Crippen molar-refractivity contribution < 1.29 is 32.3 Å². The van der Waals surface area contributed by atoms with Gasteiger partial charge in [0.2, 0.25) is 0 Å². The number of rotatable bonds is 9. The van der Waals surface area contributed by atoms with Crippen LogP contribution in [0.1, 0.15) is 70.5 Å². The van der Waals surface area contributed by atoms with Gasteiger partial charge >= 0.3 is 12.1 Å². The molecule has 3 aromatic rings. The number of aromatic nitrogens is 3. The molecule has 2 saturated heterocycles. The van der Waals surface area contributed by atoms with Gasteiger partial charge in [0.15, 0.2) is 5.78 Å². The van der Waals surface area contributed by atoms with E-state index < -0.39 is 29.1 Å². The lowest BCUT2D eigenvalue weighted by Gasteiger charge is -2.30. The summed E-state index contributed by atoms with van der Waals surface area (Å²) in [6, 6.07) is 2.36. The highest BCUT2D eigenvalue weighted by Gasteiger charge is 2.35. The highest BCUT2D eigenvalue weighted by molar-refractivity contribution is 7.12. The van der Waals surface area contributed by atoms with Crippen molar-refractivity contribution in [2.45, 2.75) is 71.1 Å². The Labute approximate surface area is 250 Å². The van der Waals surface area contributed by atoms with E-state index in [1.165, 1.54) is 23.7 Å². The quantitative estimate of drug-likeness (QED) is 0.224. The van der Waals surface area contributed by atoms with Crippen LogP contribution in [0.25, 0.3) is 11.3 Å². The first-order valence-corrected chi connectivity index (χ1v) is 15.2. The van der Waals surface area contributed by atoms with E-state index in [0.29, 0.717) is 54.2 Å². The molecule has 8 nitrogen and oxygen atoms in total. The maximum absolute atomic E-state index is 14.7. The smallest absolute Gasteiger partial charge is 0.416 e. The number of ketones is 1. The Morgan fingerprint density at radius 3 is 2.47 bits per heavy atom. The summed E-state index contributed by atoms with van der Waals surface area (Å²) < 4.78 is 55.9. The maximum Gasteiger partial charge on any atom is 0.416 e. The number of carboxylic acid groups (broad SMARTS) is 1. The fourth-order valence-electron chi connectivity index (χ4n) is 5.88. The molecular weight excluding hydrogens is 586 g/mol. The van der Waals surface area contributed by atoms with Gasteiger partial charge in [0.25, 0.3) is 0 Å². The van der Waals surface area contributed by atoms with Gasteiger partial charge in [0, 0.05) is 36.1 Å². The summed E-state index contributed by atoms with van der Waals surface area (Å²) in [5.41, 5.74) is -1.11. The third kappa shape index (κ3) is 6.87. The zero-order valence-corrected chi connectivity index (χ0v) is 24.8. The monoisotopic (exact) mass is 619 g/mol. The van der Waals surface area contributed by atoms with Gasteiger partial charge < -0.3 is 10.0 Å². The van der Waals surface area contributed by atoms with E-state index in [2.05, 4.69) is 26.8 Å². The zero-order valence-electron chi connectivity index (χ0n) is 24.0. The molecule has 0 spiro atoms. The lowest BCUT2D eigenvalue weighted by atomic mass is 9.97. The van der Waals surface area contributed by atoms with Gasteiger partial charge in [-0.15, -0.1) is 11.3 Å². The molecule has 0 aliphatic carbocycles. The zero-order chi connectivity index (χ0) is 30.9. The Morgan fingerprint density at radius 2 is 1.84 bits per heavy atom. The Balaban J connectivity index is 1.39. The Morgan fingerprint density at radius 1 is 1.09 bits per heavy atom. The summed E-state index contributed by atoms with van der Waals surface area (Å²) in [6.45, 7) is 5.54. The Bertz CT molecular complexity index is 1490. The molecule has 2 fully saturated rings. The Kier molecular flexibility index (Phi) is 9.12. The number of nitrogens with zero attached hydrogens (tertiary/aromatic N) is 5. The third-order valence-corrected chi connectivity index (χ3v) is 9.43. The molecule has 43 heavy (non-hydrogen) atoms. The first-order valence-electron chi connectivity index (χ1n) is 14.4. The normalized spacial score (nSPS) is 18.4. The van der Waals surface area contributed by atoms with Crippen molar-refractivity contribution in [1.82, 2.24) is 19.9 Å². The van der Waals surface area contributed by atoms with Crippen LogP contribution in [0.2, 0.25) is 0 Å². The first kappa shape index (κ1) is 31.0. The number of hydrogen-bond acceptors (Lipinski definition) is 8. The molecule has 0 amide bonds. The molecule has 0 radical (unpaired) electrons. The SMILES string of the molecule is CC[C@@H]1CCCN1Cc1sc(CC(=O)c2cnc(N3CCC(C(=O)O)CC3)cn2)nc1-c1cc(F)c(C)c(C(F)(F)F)c1. The number of anilines is 1. The molecule has 230 valence electrons. The molecule has 1 atom stereocenters. The molecule has 1 aromatic carbocycles. The minimum atomic E-state index is -4.73. The van der Waals surface area contributed by atoms with Crippen molar-refractivity contribution in [1.29, 1.82) is 0 Å². The molecular formula is C30H33F4N5O3S. The average Bonchev–Trinajstić information content (AvgIpc) is 3.60. The van der Waals surface area contributed by atoms with Crippen LogP contribution in [0.3, 0.4) is 0 Å². The molecule has 13 heteroatoms. The van der Waals surface area contributed by atoms with Crippen molar-refractivity contribution in [3.8, 4) is 11.3 Å². The molecule has 2 aliphatic rings. The van der Waals surface area contributed by atoms with Crippen molar-refractivity contribution in [2.24, 2.45) is 5.92 Å². The van der Waals surface area contributed by atoms with Gasteiger partial charge in [0.1, 0.15) is 22.3 Å². The van der Waals surface area contributed by atoms with Gasteiger partial charge in [-0.3, -0.25) is 14.5 Å². The molecule has 0 saturated carbocycles. The number of likely N-dealkylation sites (tertiary alicyclic amines) is 1. The van der Waals surface area contributed by atoms with Crippen LogP contribution in [0, 0.1) is 18.7 Å². The van der Waals surface area contributed by atoms with Crippen LogP contribution in [-0.4, -0.2) is 62.4 Å². The largest absolute Gasteiger partial charge is 0.481 e. The lowest BCUT2D eigenvalue weighted by molar-refractivity contribution is -0.142. The fraction of sp³-hybridized carbons (Fsp3) is 0.500. The van der Waals surface area contributed by atoms with Crippen LogP contribution in [0.5, 0.6) is 0 Å². The van der Waals surface area contributed by atoms with Crippen LogP contribution >= 0.6 is 11.3 Å². The molecule has 2 aliphatic heterocycles. The number of hydrogen-bond donors (Lipinski definition) is 1. The van der Waals surface area contributed by atoms with Crippen LogP contribution in [-0.2, 0) is 23.9 Å². The van der Waals surface area contributed by atoms with Gasteiger partial charge in [-0.1, -0.05) is 6.92 Å². The molecule has 1 N–H and O–H groups in total. The van der Waals surface area contributed by atoms with E-state index >= 15 is 0 Å². The maximum atomic E-state index is 14.7. The van der Waals surface area contributed by atoms with Gasteiger partial charge in [-0.25, -0.2) is 19.3 Å². The molecule has 5 rings (SSSR count). The number of aliphatic carboxylic acids is 1. The van der Waals surface area contributed by atoms with Crippen molar-refractivity contribution in [2.75, 3.05) is 24.5 Å². The van der Waals surface area contributed by atoms with Gasteiger partial charge in [0.05, 0.1) is 36.0 Å². The number of thiazole rings is 1. The highest BCUT2D eigenvalue weighted by atomic mass is 32.1. The van der Waals surface area contributed by atoms with Crippen molar-refractivity contribution in [3.63, 3.8) is 0 Å². The number of carbonyl (C=O) groups excluding carboxylic acids is 1. The van der Waals surface area contributed by atoms with E-state index in [9.17, 15) is 32.3 Å². The minimum Gasteiger partial charge on any atom is -0.481 e. The van der Waals surface area contributed by atoms with E-state index in [1.807, 2.05) is 4.90 Å². The van der Waals surface area contributed by atoms with Crippen LogP contribution in [0.4, 0.5) is 23.4 Å². The number of halogens is 4. The topological polar surface area (TPSA) is 99.5 Å². The lowest BCUT2D eigenvalue weighted by Crippen LogP contribution is -2.36. The summed E-state index contributed by atoms with van der Waals surface area (Å²) in [6.07, 6.45) is 1.97. The van der Waals surface area contributed by atoms with Crippen molar-refractivity contribution >= 4 is 28.9 Å². The van der Waals surface area contributed by atoms with E-state index in [4.69, 9.17) is 0 Å². The third-order valence-electron chi connectivity index (χ3n) is 8.39. The minimum absolute atomic E-state index is 0.0310. The number of alkyl halides is 3. The number of carboxylic acids is 1. The van der Waals surface area contributed by atoms with E-state index in [-0.39, 0.29) is 35.1 Å². The summed E-state index contributed by atoms with van der Waals surface area (Å²) in [4.78, 5) is 42.5. The fourth-order valence-corrected chi connectivity index (χ4v) is 7.00. The number of benzene rings is 1. The number of Topliss-reactive ketones (excluding diaryl/α,β-unsaturated/α-hetero) is 1. The predicted molar refractivity (Wildman–Crippen MR) is 154 cm³/mol. The predicted octanol–water partition coefficient (Wildman–Crippen LogP) is 6.17. The molecule has 4 heterocycles. The van der Waals surface area contributed by atoms with E-state index in [1.54, 1.807) is 0 Å².